The van der Waals surface area contributed by atoms with Crippen molar-refractivity contribution in [1.29, 1.82) is 0 Å². The highest BCUT2D eigenvalue weighted by atomic mass is 79.9. The van der Waals surface area contributed by atoms with Gasteiger partial charge in [-0.05, 0) is 30.7 Å². The molecule has 1 aromatic carbocycles. The molecule has 118 valence electrons. The van der Waals surface area contributed by atoms with Crippen molar-refractivity contribution in [3.8, 4) is 5.75 Å². The summed E-state index contributed by atoms with van der Waals surface area (Å²) in [6.45, 7) is 3.83. The van der Waals surface area contributed by atoms with Gasteiger partial charge in [-0.1, -0.05) is 15.9 Å². The van der Waals surface area contributed by atoms with E-state index < -0.39 is 11.7 Å². The van der Waals surface area contributed by atoms with Crippen LogP contribution in [0.15, 0.2) is 22.7 Å². The van der Waals surface area contributed by atoms with Crippen molar-refractivity contribution in [2.24, 2.45) is 0 Å². The first-order valence-electron chi connectivity index (χ1n) is 7.33. The third-order valence-corrected chi connectivity index (χ3v) is 4.82. The molecular weight excluding hydrogens is 336 g/mol. The molecule has 1 fully saturated rings. The van der Waals surface area contributed by atoms with Gasteiger partial charge in [0.1, 0.15) is 5.75 Å². The average Bonchev–Trinajstić information content (AvgIpc) is 2.50. The van der Waals surface area contributed by atoms with Crippen LogP contribution < -0.4 is 4.74 Å². The maximum absolute atomic E-state index is 10.8. The van der Waals surface area contributed by atoms with Gasteiger partial charge < -0.3 is 19.3 Å². The summed E-state index contributed by atoms with van der Waals surface area (Å²) in [4.78, 5) is 0. The highest BCUT2D eigenvalue weighted by Gasteiger charge is 2.40. The SMILES string of the molecule is CCOC1(C(O)Cc2cc(OC)ccc2Br)CCOCC1. The fraction of sp³-hybridized carbons (Fsp3) is 0.625. The van der Waals surface area contributed by atoms with E-state index in [4.69, 9.17) is 14.2 Å². The predicted octanol–water partition coefficient (Wildman–Crippen LogP) is 2.95. The summed E-state index contributed by atoms with van der Waals surface area (Å²) < 4.78 is 17.6. The molecule has 0 saturated carbocycles. The first-order chi connectivity index (χ1) is 10.1. The Labute approximate surface area is 134 Å². The zero-order valence-electron chi connectivity index (χ0n) is 12.6. The molecule has 1 aliphatic rings. The standard InChI is InChI=1S/C16H23BrO4/c1-3-21-16(6-8-20-9-7-16)15(18)11-12-10-13(19-2)4-5-14(12)17/h4-5,10,15,18H,3,6-9,11H2,1-2H3. The number of aliphatic hydroxyl groups is 1. The van der Waals surface area contributed by atoms with Gasteiger partial charge in [-0.15, -0.1) is 0 Å². The summed E-state index contributed by atoms with van der Waals surface area (Å²) in [7, 11) is 1.64. The molecule has 1 unspecified atom stereocenters. The van der Waals surface area contributed by atoms with E-state index >= 15 is 0 Å². The Morgan fingerprint density at radius 1 is 1.38 bits per heavy atom. The highest BCUT2D eigenvalue weighted by Crippen LogP contribution is 2.33. The largest absolute Gasteiger partial charge is 0.497 e. The van der Waals surface area contributed by atoms with Crippen LogP contribution in [-0.2, 0) is 15.9 Å². The molecule has 0 aromatic heterocycles. The topological polar surface area (TPSA) is 47.9 Å². The van der Waals surface area contributed by atoms with Gasteiger partial charge in [0.25, 0.3) is 0 Å². The molecule has 2 rings (SSSR count). The number of benzene rings is 1. The molecular formula is C16H23BrO4. The highest BCUT2D eigenvalue weighted by molar-refractivity contribution is 9.10. The summed E-state index contributed by atoms with van der Waals surface area (Å²) in [6, 6.07) is 5.79. The molecule has 1 atom stereocenters. The minimum Gasteiger partial charge on any atom is -0.497 e. The lowest BCUT2D eigenvalue weighted by atomic mass is 9.84. The number of halogens is 1. The summed E-state index contributed by atoms with van der Waals surface area (Å²) in [5, 5.41) is 10.8. The molecule has 1 saturated heterocycles. The lowest BCUT2D eigenvalue weighted by Gasteiger charge is -2.40. The fourth-order valence-electron chi connectivity index (χ4n) is 2.81. The maximum Gasteiger partial charge on any atom is 0.119 e. The Morgan fingerprint density at radius 2 is 2.10 bits per heavy atom. The van der Waals surface area contributed by atoms with E-state index in [1.807, 2.05) is 25.1 Å². The molecule has 21 heavy (non-hydrogen) atoms. The summed E-state index contributed by atoms with van der Waals surface area (Å²) in [5.74, 6) is 0.790. The van der Waals surface area contributed by atoms with Crippen molar-refractivity contribution in [2.75, 3.05) is 26.9 Å². The Balaban J connectivity index is 2.16. The van der Waals surface area contributed by atoms with Gasteiger partial charge in [-0.3, -0.25) is 0 Å². The van der Waals surface area contributed by atoms with E-state index in [-0.39, 0.29) is 0 Å². The quantitative estimate of drug-likeness (QED) is 0.849. The van der Waals surface area contributed by atoms with E-state index in [9.17, 15) is 5.11 Å². The minimum absolute atomic E-state index is 0.504. The first-order valence-corrected chi connectivity index (χ1v) is 8.13. The van der Waals surface area contributed by atoms with Gasteiger partial charge in [0, 0.05) is 43.6 Å². The molecule has 1 aliphatic heterocycles. The number of methoxy groups -OCH3 is 1. The van der Waals surface area contributed by atoms with Crippen LogP contribution in [0.25, 0.3) is 0 Å². The number of ether oxygens (including phenoxy) is 3. The second-order valence-electron chi connectivity index (χ2n) is 5.29. The number of rotatable bonds is 6. The van der Waals surface area contributed by atoms with Gasteiger partial charge in [-0.2, -0.15) is 0 Å². The molecule has 5 heteroatoms. The van der Waals surface area contributed by atoms with Crippen molar-refractivity contribution in [3.05, 3.63) is 28.2 Å². The van der Waals surface area contributed by atoms with Crippen LogP contribution in [-0.4, -0.2) is 43.7 Å². The summed E-state index contributed by atoms with van der Waals surface area (Å²) in [6.07, 6.45) is 1.41. The van der Waals surface area contributed by atoms with Crippen LogP contribution in [0.4, 0.5) is 0 Å². The van der Waals surface area contributed by atoms with E-state index in [1.165, 1.54) is 0 Å². The zero-order chi connectivity index (χ0) is 15.3. The van der Waals surface area contributed by atoms with E-state index in [2.05, 4.69) is 15.9 Å². The Hall–Kier alpha value is -0.620. The lowest BCUT2D eigenvalue weighted by Crippen LogP contribution is -2.50. The van der Waals surface area contributed by atoms with Gasteiger partial charge in [-0.25, -0.2) is 0 Å². The van der Waals surface area contributed by atoms with Gasteiger partial charge >= 0.3 is 0 Å². The normalized spacial score (nSPS) is 19.2. The molecule has 1 heterocycles. The molecule has 0 amide bonds. The molecule has 4 nitrogen and oxygen atoms in total. The molecule has 0 spiro atoms. The third-order valence-electron chi connectivity index (χ3n) is 4.04. The van der Waals surface area contributed by atoms with Crippen LogP contribution in [0.1, 0.15) is 25.3 Å². The second-order valence-corrected chi connectivity index (χ2v) is 6.14. The van der Waals surface area contributed by atoms with Crippen molar-refractivity contribution in [1.82, 2.24) is 0 Å². The van der Waals surface area contributed by atoms with Crippen molar-refractivity contribution >= 4 is 15.9 Å². The molecule has 0 radical (unpaired) electrons. The van der Waals surface area contributed by atoms with Gasteiger partial charge in [0.15, 0.2) is 0 Å². The molecule has 1 aromatic rings. The first kappa shape index (κ1) is 16.7. The Bertz CT molecular complexity index is 452. The van der Waals surface area contributed by atoms with Gasteiger partial charge in [0.05, 0.1) is 18.8 Å². The van der Waals surface area contributed by atoms with Crippen LogP contribution >= 0.6 is 15.9 Å². The minimum atomic E-state index is -0.565. The Morgan fingerprint density at radius 3 is 2.71 bits per heavy atom. The smallest absolute Gasteiger partial charge is 0.119 e. The second kappa shape index (κ2) is 7.58. The van der Waals surface area contributed by atoms with Crippen LogP contribution in [0.2, 0.25) is 0 Å². The number of aliphatic hydroxyl groups excluding tert-OH is 1. The van der Waals surface area contributed by atoms with Gasteiger partial charge in [0.2, 0.25) is 0 Å². The van der Waals surface area contributed by atoms with E-state index in [1.54, 1.807) is 7.11 Å². The molecule has 0 bridgehead atoms. The van der Waals surface area contributed by atoms with Crippen LogP contribution in [0, 0.1) is 0 Å². The summed E-state index contributed by atoms with van der Waals surface area (Å²) >= 11 is 3.54. The van der Waals surface area contributed by atoms with Crippen molar-refractivity contribution in [2.45, 2.75) is 37.9 Å². The van der Waals surface area contributed by atoms with E-state index in [0.29, 0.717) is 26.2 Å². The van der Waals surface area contributed by atoms with Crippen molar-refractivity contribution in [3.63, 3.8) is 0 Å². The van der Waals surface area contributed by atoms with Crippen LogP contribution in [0.5, 0.6) is 5.75 Å². The van der Waals surface area contributed by atoms with Crippen LogP contribution in [0.3, 0.4) is 0 Å². The summed E-state index contributed by atoms with van der Waals surface area (Å²) in [5.41, 5.74) is 0.516. The fourth-order valence-corrected chi connectivity index (χ4v) is 3.22. The monoisotopic (exact) mass is 358 g/mol. The Kier molecular flexibility index (Phi) is 6.05. The average molecular weight is 359 g/mol. The molecule has 1 N–H and O–H groups in total. The third kappa shape index (κ3) is 3.97. The lowest BCUT2D eigenvalue weighted by molar-refractivity contribution is -0.165. The number of hydrogen-bond acceptors (Lipinski definition) is 4. The van der Waals surface area contributed by atoms with E-state index in [0.717, 1.165) is 28.6 Å². The number of hydrogen-bond donors (Lipinski definition) is 1. The van der Waals surface area contributed by atoms with Crippen molar-refractivity contribution < 1.29 is 19.3 Å². The maximum atomic E-state index is 10.8. The molecule has 0 aliphatic carbocycles. The zero-order valence-corrected chi connectivity index (χ0v) is 14.2. The predicted molar refractivity (Wildman–Crippen MR) is 84.8 cm³/mol.